The molecule has 0 unspecified atom stereocenters. The first kappa shape index (κ1) is 23.6. The summed E-state index contributed by atoms with van der Waals surface area (Å²) in [7, 11) is -3.53. The van der Waals surface area contributed by atoms with Crippen molar-refractivity contribution in [1.82, 2.24) is 14.5 Å². The highest BCUT2D eigenvalue weighted by Gasteiger charge is 2.28. The van der Waals surface area contributed by atoms with Crippen molar-refractivity contribution >= 4 is 27.3 Å². The van der Waals surface area contributed by atoms with Crippen LogP contribution >= 0.6 is 11.3 Å². The second kappa shape index (κ2) is 10.6. The quantitative estimate of drug-likeness (QED) is 0.557. The Hall–Kier alpha value is -2.52. The van der Waals surface area contributed by atoms with E-state index in [0.29, 0.717) is 37.5 Å². The SMILES string of the molecule is Cc1ccc(S(=O)(=O)N2CCCN(CC(=O)N[C@@H](c3ccccc3)c3cccs3)CC2)cc1. The van der Waals surface area contributed by atoms with Gasteiger partial charge in [-0.1, -0.05) is 54.1 Å². The van der Waals surface area contributed by atoms with Gasteiger partial charge in [-0.3, -0.25) is 9.69 Å². The summed E-state index contributed by atoms with van der Waals surface area (Å²) in [6.45, 7) is 4.21. The third kappa shape index (κ3) is 5.89. The van der Waals surface area contributed by atoms with E-state index >= 15 is 0 Å². The zero-order chi connectivity index (χ0) is 23.3. The summed E-state index contributed by atoms with van der Waals surface area (Å²) < 4.78 is 27.6. The number of hydrogen-bond donors (Lipinski definition) is 1. The summed E-state index contributed by atoms with van der Waals surface area (Å²) in [5, 5.41) is 5.18. The third-order valence-electron chi connectivity index (χ3n) is 5.84. The van der Waals surface area contributed by atoms with Gasteiger partial charge in [-0.2, -0.15) is 4.31 Å². The second-order valence-corrected chi connectivity index (χ2v) is 11.2. The van der Waals surface area contributed by atoms with Gasteiger partial charge in [-0.05, 0) is 49.0 Å². The summed E-state index contributed by atoms with van der Waals surface area (Å²) in [4.78, 5) is 16.4. The minimum atomic E-state index is -3.53. The fourth-order valence-electron chi connectivity index (χ4n) is 4.03. The van der Waals surface area contributed by atoms with Crippen molar-refractivity contribution in [3.63, 3.8) is 0 Å². The average Bonchev–Trinajstić information content (AvgIpc) is 3.24. The molecule has 8 heteroatoms. The molecule has 1 amide bonds. The number of sulfonamides is 1. The molecule has 0 aliphatic carbocycles. The van der Waals surface area contributed by atoms with E-state index in [2.05, 4.69) is 5.32 Å². The maximum atomic E-state index is 13.0. The Labute approximate surface area is 199 Å². The molecule has 1 aromatic heterocycles. The Balaban J connectivity index is 1.38. The summed E-state index contributed by atoms with van der Waals surface area (Å²) in [5.74, 6) is -0.0629. The molecule has 0 bridgehead atoms. The normalized spacial score (nSPS) is 16.8. The maximum Gasteiger partial charge on any atom is 0.243 e. The minimum absolute atomic E-state index is 0.0629. The first-order valence-corrected chi connectivity index (χ1v) is 13.4. The van der Waals surface area contributed by atoms with Crippen LogP contribution in [-0.2, 0) is 14.8 Å². The summed E-state index contributed by atoms with van der Waals surface area (Å²) in [5.41, 5.74) is 2.07. The fraction of sp³-hybridized carbons (Fsp3) is 0.320. The first-order chi connectivity index (χ1) is 15.9. The van der Waals surface area contributed by atoms with Crippen molar-refractivity contribution < 1.29 is 13.2 Å². The molecule has 1 aliphatic heterocycles. The molecule has 3 aromatic rings. The molecule has 1 atom stereocenters. The monoisotopic (exact) mass is 483 g/mol. The lowest BCUT2D eigenvalue weighted by Crippen LogP contribution is -2.41. The lowest BCUT2D eigenvalue weighted by molar-refractivity contribution is -0.122. The molecule has 33 heavy (non-hydrogen) atoms. The molecule has 174 valence electrons. The predicted octanol–water partition coefficient (Wildman–Crippen LogP) is 3.66. The van der Waals surface area contributed by atoms with Gasteiger partial charge in [0.05, 0.1) is 17.5 Å². The van der Waals surface area contributed by atoms with Crippen LogP contribution in [0.15, 0.2) is 77.0 Å². The first-order valence-electron chi connectivity index (χ1n) is 11.1. The van der Waals surface area contributed by atoms with Crippen LogP contribution in [0.3, 0.4) is 0 Å². The number of rotatable bonds is 7. The number of amides is 1. The Morgan fingerprint density at radius 2 is 1.73 bits per heavy atom. The molecule has 1 saturated heterocycles. The number of benzene rings is 2. The number of aryl methyl sites for hydroxylation is 1. The molecule has 1 fully saturated rings. The van der Waals surface area contributed by atoms with E-state index in [0.717, 1.165) is 16.0 Å². The molecular weight excluding hydrogens is 454 g/mol. The van der Waals surface area contributed by atoms with Gasteiger partial charge in [0.1, 0.15) is 0 Å². The highest BCUT2D eigenvalue weighted by atomic mass is 32.2. The summed E-state index contributed by atoms with van der Waals surface area (Å²) in [6.07, 6.45) is 0.686. The lowest BCUT2D eigenvalue weighted by atomic mass is 10.1. The number of nitrogens with one attached hydrogen (secondary N) is 1. The van der Waals surface area contributed by atoms with Crippen LogP contribution < -0.4 is 5.32 Å². The maximum absolute atomic E-state index is 13.0. The molecule has 6 nitrogen and oxygen atoms in total. The molecule has 0 saturated carbocycles. The number of carbonyl (C=O) groups excluding carboxylic acids is 1. The molecule has 0 radical (unpaired) electrons. The van der Waals surface area contributed by atoms with Gasteiger partial charge in [0, 0.05) is 24.5 Å². The number of carbonyl (C=O) groups is 1. The molecule has 2 heterocycles. The van der Waals surface area contributed by atoms with E-state index in [1.165, 1.54) is 4.31 Å². The smallest absolute Gasteiger partial charge is 0.243 e. The van der Waals surface area contributed by atoms with E-state index in [1.54, 1.807) is 23.5 Å². The standard InChI is InChI=1S/C25H29N3O3S2/c1-20-10-12-22(13-11-20)33(30,31)28-15-6-14-27(16-17-28)19-24(29)26-25(23-9-5-18-32-23)21-7-3-2-4-8-21/h2-5,7-13,18,25H,6,14-17,19H2,1H3,(H,26,29)/t25-/m0/s1. The third-order valence-corrected chi connectivity index (χ3v) is 8.69. The average molecular weight is 484 g/mol. The highest BCUT2D eigenvalue weighted by molar-refractivity contribution is 7.89. The fourth-order valence-corrected chi connectivity index (χ4v) is 6.31. The topological polar surface area (TPSA) is 69.7 Å². The van der Waals surface area contributed by atoms with Gasteiger partial charge in [-0.25, -0.2) is 8.42 Å². The van der Waals surface area contributed by atoms with Gasteiger partial charge >= 0.3 is 0 Å². The van der Waals surface area contributed by atoms with Crippen LogP contribution in [0.25, 0.3) is 0 Å². The minimum Gasteiger partial charge on any atom is -0.343 e. The van der Waals surface area contributed by atoms with Crippen LogP contribution in [0.2, 0.25) is 0 Å². The zero-order valence-corrected chi connectivity index (χ0v) is 20.3. The lowest BCUT2D eigenvalue weighted by Gasteiger charge is -2.23. The zero-order valence-electron chi connectivity index (χ0n) is 18.7. The Bertz CT molecular complexity index is 1150. The van der Waals surface area contributed by atoms with Crippen molar-refractivity contribution in [3.8, 4) is 0 Å². The van der Waals surface area contributed by atoms with Crippen LogP contribution in [0.5, 0.6) is 0 Å². The van der Waals surface area contributed by atoms with Gasteiger partial charge in [0.25, 0.3) is 0 Å². The van der Waals surface area contributed by atoms with Crippen LogP contribution in [0.1, 0.15) is 28.5 Å². The molecule has 0 spiro atoms. The Morgan fingerprint density at radius 1 is 0.970 bits per heavy atom. The molecule has 1 N–H and O–H groups in total. The molecule has 1 aliphatic rings. The van der Waals surface area contributed by atoms with Crippen molar-refractivity contribution in [2.75, 3.05) is 32.7 Å². The van der Waals surface area contributed by atoms with Gasteiger partial charge < -0.3 is 5.32 Å². The van der Waals surface area contributed by atoms with E-state index in [4.69, 9.17) is 0 Å². The van der Waals surface area contributed by atoms with E-state index in [1.807, 2.05) is 71.8 Å². The molecular formula is C25H29N3O3S2. The Morgan fingerprint density at radius 3 is 2.42 bits per heavy atom. The molecule has 2 aromatic carbocycles. The van der Waals surface area contributed by atoms with Crippen LogP contribution in [0.4, 0.5) is 0 Å². The van der Waals surface area contributed by atoms with Gasteiger partial charge in [-0.15, -0.1) is 11.3 Å². The largest absolute Gasteiger partial charge is 0.343 e. The van der Waals surface area contributed by atoms with E-state index in [9.17, 15) is 13.2 Å². The van der Waals surface area contributed by atoms with Crippen LogP contribution in [-0.4, -0.2) is 56.3 Å². The highest BCUT2D eigenvalue weighted by Crippen LogP contribution is 2.26. The van der Waals surface area contributed by atoms with Crippen molar-refractivity contribution in [3.05, 3.63) is 88.1 Å². The summed E-state index contributed by atoms with van der Waals surface area (Å²) >= 11 is 1.62. The number of nitrogens with zero attached hydrogens (tertiary/aromatic N) is 2. The van der Waals surface area contributed by atoms with E-state index < -0.39 is 10.0 Å². The molecule has 4 rings (SSSR count). The van der Waals surface area contributed by atoms with Crippen molar-refractivity contribution in [1.29, 1.82) is 0 Å². The van der Waals surface area contributed by atoms with E-state index in [-0.39, 0.29) is 18.5 Å². The van der Waals surface area contributed by atoms with Crippen molar-refractivity contribution in [2.24, 2.45) is 0 Å². The summed E-state index contributed by atoms with van der Waals surface area (Å²) in [6, 6.07) is 20.7. The van der Waals surface area contributed by atoms with Crippen LogP contribution in [0, 0.1) is 6.92 Å². The van der Waals surface area contributed by atoms with Gasteiger partial charge in [0.2, 0.25) is 15.9 Å². The predicted molar refractivity (Wildman–Crippen MR) is 132 cm³/mol. The number of thiophene rings is 1. The van der Waals surface area contributed by atoms with Gasteiger partial charge in [0.15, 0.2) is 0 Å². The number of hydrogen-bond acceptors (Lipinski definition) is 5. The van der Waals surface area contributed by atoms with Crippen molar-refractivity contribution in [2.45, 2.75) is 24.3 Å². The Kier molecular flexibility index (Phi) is 7.60. The second-order valence-electron chi connectivity index (χ2n) is 8.27.